The molecule has 0 spiro atoms. The zero-order valence-electron chi connectivity index (χ0n) is 9.21. The van der Waals surface area contributed by atoms with Crippen LogP contribution in [0.5, 0.6) is 0 Å². The molecule has 0 aromatic heterocycles. The van der Waals surface area contributed by atoms with E-state index in [4.69, 9.17) is 10.5 Å². The van der Waals surface area contributed by atoms with Crippen molar-refractivity contribution in [1.29, 1.82) is 0 Å². The van der Waals surface area contributed by atoms with Gasteiger partial charge < -0.3 is 15.8 Å². The lowest BCUT2D eigenvalue weighted by Gasteiger charge is -2.07. The van der Waals surface area contributed by atoms with E-state index in [9.17, 15) is 9.18 Å². The van der Waals surface area contributed by atoms with Crippen molar-refractivity contribution in [2.45, 2.75) is 6.54 Å². The summed E-state index contributed by atoms with van der Waals surface area (Å²) in [6.45, 7) is 1.40. The molecule has 17 heavy (non-hydrogen) atoms. The molecule has 1 aromatic rings. The number of benzene rings is 1. The largest absolute Gasteiger partial charge is 0.370 e. The third kappa shape index (κ3) is 5.25. The van der Waals surface area contributed by atoms with Crippen LogP contribution in [-0.2, 0) is 16.1 Å². The molecular formula is C11H14BrFN2O2. The molecule has 0 saturated carbocycles. The molecule has 1 rings (SSSR count). The number of hydrogen-bond acceptors (Lipinski definition) is 3. The Labute approximate surface area is 107 Å². The monoisotopic (exact) mass is 304 g/mol. The van der Waals surface area contributed by atoms with Crippen LogP contribution in [0, 0.1) is 5.82 Å². The minimum absolute atomic E-state index is 0.0780. The molecule has 94 valence electrons. The lowest BCUT2D eigenvalue weighted by molar-refractivity contribution is -0.122. The number of nitrogens with two attached hydrogens (primary N) is 1. The van der Waals surface area contributed by atoms with Gasteiger partial charge in [0.05, 0.1) is 11.1 Å². The predicted molar refractivity (Wildman–Crippen MR) is 65.8 cm³/mol. The quantitative estimate of drug-likeness (QED) is 0.744. The van der Waals surface area contributed by atoms with E-state index in [1.165, 1.54) is 6.07 Å². The third-order valence-corrected chi connectivity index (χ3v) is 2.90. The van der Waals surface area contributed by atoms with Crippen LogP contribution < -0.4 is 11.1 Å². The molecule has 0 aliphatic heterocycles. The van der Waals surface area contributed by atoms with Crippen LogP contribution in [0.3, 0.4) is 0 Å². The summed E-state index contributed by atoms with van der Waals surface area (Å²) >= 11 is 3.17. The first kappa shape index (κ1) is 14.1. The molecule has 0 atom stereocenters. The maximum Gasteiger partial charge on any atom is 0.243 e. The molecular weight excluding hydrogens is 291 g/mol. The van der Waals surface area contributed by atoms with E-state index in [2.05, 4.69) is 21.2 Å². The maximum atomic E-state index is 13.1. The fraction of sp³-hybridized carbons (Fsp3) is 0.364. The van der Waals surface area contributed by atoms with Crippen LogP contribution in [-0.4, -0.2) is 25.7 Å². The Morgan fingerprint density at radius 2 is 2.29 bits per heavy atom. The Bertz CT molecular complexity index is 388. The molecule has 0 saturated heterocycles. The van der Waals surface area contributed by atoms with E-state index >= 15 is 0 Å². The second-order valence-corrected chi connectivity index (χ2v) is 4.20. The van der Waals surface area contributed by atoms with E-state index in [0.29, 0.717) is 24.2 Å². The SMILES string of the molecule is NC(=O)COCCNCc1cccc(F)c1Br. The smallest absolute Gasteiger partial charge is 0.243 e. The molecule has 1 aromatic carbocycles. The topological polar surface area (TPSA) is 64.4 Å². The summed E-state index contributed by atoms with van der Waals surface area (Å²) in [6.07, 6.45) is 0. The lowest BCUT2D eigenvalue weighted by Crippen LogP contribution is -2.23. The normalized spacial score (nSPS) is 10.5. The number of amides is 1. The molecule has 0 heterocycles. The molecule has 0 radical (unpaired) electrons. The van der Waals surface area contributed by atoms with E-state index in [1.54, 1.807) is 6.07 Å². The second-order valence-electron chi connectivity index (χ2n) is 3.41. The van der Waals surface area contributed by atoms with Gasteiger partial charge in [0.2, 0.25) is 5.91 Å². The third-order valence-electron chi connectivity index (χ3n) is 2.01. The number of rotatable bonds is 7. The fourth-order valence-electron chi connectivity index (χ4n) is 1.23. The van der Waals surface area contributed by atoms with Crippen molar-refractivity contribution in [2.75, 3.05) is 19.8 Å². The summed E-state index contributed by atoms with van der Waals surface area (Å²) in [5.74, 6) is -0.771. The highest BCUT2D eigenvalue weighted by Crippen LogP contribution is 2.19. The van der Waals surface area contributed by atoms with E-state index in [0.717, 1.165) is 5.56 Å². The number of hydrogen-bond donors (Lipinski definition) is 2. The Morgan fingerprint density at radius 3 is 3.00 bits per heavy atom. The molecule has 1 amide bonds. The van der Waals surface area contributed by atoms with Crippen LogP contribution in [0.4, 0.5) is 4.39 Å². The highest BCUT2D eigenvalue weighted by Gasteiger charge is 2.04. The first-order chi connectivity index (χ1) is 8.11. The molecule has 4 nitrogen and oxygen atoms in total. The minimum Gasteiger partial charge on any atom is -0.370 e. The lowest BCUT2D eigenvalue weighted by atomic mass is 10.2. The Kier molecular flexibility index (Phi) is 6.10. The molecule has 3 N–H and O–H groups in total. The first-order valence-electron chi connectivity index (χ1n) is 5.11. The van der Waals surface area contributed by atoms with Crippen molar-refractivity contribution >= 4 is 21.8 Å². The van der Waals surface area contributed by atoms with Gasteiger partial charge in [0.25, 0.3) is 0 Å². The summed E-state index contributed by atoms with van der Waals surface area (Å²) in [7, 11) is 0. The average molecular weight is 305 g/mol. The van der Waals surface area contributed by atoms with Gasteiger partial charge in [-0.1, -0.05) is 12.1 Å². The van der Waals surface area contributed by atoms with E-state index in [-0.39, 0.29) is 12.4 Å². The highest BCUT2D eigenvalue weighted by atomic mass is 79.9. The van der Waals surface area contributed by atoms with Gasteiger partial charge in [0, 0.05) is 13.1 Å². The van der Waals surface area contributed by atoms with Crippen LogP contribution in [0.2, 0.25) is 0 Å². The van der Waals surface area contributed by atoms with Crippen molar-refractivity contribution < 1.29 is 13.9 Å². The number of nitrogens with one attached hydrogen (secondary N) is 1. The highest BCUT2D eigenvalue weighted by molar-refractivity contribution is 9.10. The molecule has 0 unspecified atom stereocenters. The van der Waals surface area contributed by atoms with E-state index < -0.39 is 5.91 Å². The second kappa shape index (κ2) is 7.37. The zero-order valence-corrected chi connectivity index (χ0v) is 10.8. The van der Waals surface area contributed by atoms with Gasteiger partial charge in [-0.15, -0.1) is 0 Å². The van der Waals surface area contributed by atoms with Crippen molar-refractivity contribution in [3.8, 4) is 0 Å². The average Bonchev–Trinajstić information content (AvgIpc) is 2.28. The summed E-state index contributed by atoms with van der Waals surface area (Å²) in [5, 5.41) is 3.07. The summed E-state index contributed by atoms with van der Waals surface area (Å²) < 4.78 is 18.6. The van der Waals surface area contributed by atoms with Crippen molar-refractivity contribution in [3.63, 3.8) is 0 Å². The number of primary amides is 1. The molecule has 6 heteroatoms. The predicted octanol–water partition coefficient (Wildman–Crippen LogP) is 1.18. The summed E-state index contributed by atoms with van der Waals surface area (Å²) in [6, 6.07) is 4.87. The molecule has 0 aliphatic rings. The molecule has 0 fully saturated rings. The van der Waals surface area contributed by atoms with Gasteiger partial charge >= 0.3 is 0 Å². The number of carbonyl (C=O) groups excluding carboxylic acids is 1. The van der Waals surface area contributed by atoms with Gasteiger partial charge in [-0.3, -0.25) is 4.79 Å². The van der Waals surface area contributed by atoms with E-state index in [1.807, 2.05) is 6.07 Å². The number of ether oxygens (including phenoxy) is 1. The van der Waals surface area contributed by atoms with Gasteiger partial charge in [-0.2, -0.15) is 0 Å². The summed E-state index contributed by atoms with van der Waals surface area (Å²) in [5.41, 5.74) is 5.74. The standard InChI is InChI=1S/C11H14BrFN2O2/c12-11-8(2-1-3-9(11)13)6-15-4-5-17-7-10(14)16/h1-3,15H,4-7H2,(H2,14,16). The van der Waals surface area contributed by atoms with Crippen LogP contribution in [0.15, 0.2) is 22.7 Å². The Morgan fingerprint density at radius 1 is 1.53 bits per heavy atom. The maximum absolute atomic E-state index is 13.1. The van der Waals surface area contributed by atoms with Crippen molar-refractivity contribution in [1.82, 2.24) is 5.32 Å². The van der Waals surface area contributed by atoms with Crippen LogP contribution in [0.1, 0.15) is 5.56 Å². The van der Waals surface area contributed by atoms with Crippen LogP contribution in [0.25, 0.3) is 0 Å². The van der Waals surface area contributed by atoms with Gasteiger partial charge in [0.1, 0.15) is 12.4 Å². The Hall–Kier alpha value is -0.980. The minimum atomic E-state index is -0.488. The van der Waals surface area contributed by atoms with Crippen molar-refractivity contribution in [3.05, 3.63) is 34.1 Å². The van der Waals surface area contributed by atoms with Crippen LogP contribution >= 0.6 is 15.9 Å². The zero-order chi connectivity index (χ0) is 12.7. The van der Waals surface area contributed by atoms with Gasteiger partial charge in [-0.05, 0) is 27.6 Å². The summed E-state index contributed by atoms with van der Waals surface area (Å²) in [4.78, 5) is 10.4. The molecule has 0 bridgehead atoms. The molecule has 0 aliphatic carbocycles. The van der Waals surface area contributed by atoms with Crippen molar-refractivity contribution in [2.24, 2.45) is 5.73 Å². The fourth-order valence-corrected chi connectivity index (χ4v) is 1.63. The number of halogens is 2. The van der Waals surface area contributed by atoms with Gasteiger partial charge in [0.15, 0.2) is 0 Å². The first-order valence-corrected chi connectivity index (χ1v) is 5.90. The van der Waals surface area contributed by atoms with Gasteiger partial charge in [-0.25, -0.2) is 4.39 Å². The Balaban J connectivity index is 2.22. The number of carbonyl (C=O) groups is 1.